The average molecular weight is 469 g/mol. The molecule has 0 aliphatic carbocycles. The van der Waals surface area contributed by atoms with Crippen LogP contribution in [0.1, 0.15) is 135 Å². The van der Waals surface area contributed by atoms with Crippen molar-refractivity contribution >= 4 is 19.0 Å². The summed E-state index contributed by atoms with van der Waals surface area (Å²) in [4.78, 5) is 0. The Labute approximate surface area is 200 Å². The highest BCUT2D eigenvalue weighted by molar-refractivity contribution is 6.62. The Bertz CT molecular complexity index is 431. The van der Waals surface area contributed by atoms with Crippen LogP contribution in [-0.4, -0.2) is 42.7 Å². The van der Waals surface area contributed by atoms with Crippen molar-refractivity contribution in [3.63, 3.8) is 0 Å². The van der Waals surface area contributed by atoms with E-state index in [2.05, 4.69) is 13.5 Å². The average Bonchev–Trinajstić information content (AvgIpc) is 2.80. The number of ether oxygens (including phenoxy) is 2. The van der Waals surface area contributed by atoms with Crippen molar-refractivity contribution < 1.29 is 9.47 Å². The molecule has 2 aliphatic rings. The van der Waals surface area contributed by atoms with Gasteiger partial charge < -0.3 is 9.47 Å². The molecule has 2 saturated heterocycles. The van der Waals surface area contributed by atoms with Crippen LogP contribution in [0.2, 0.25) is 12.6 Å². The lowest BCUT2D eigenvalue weighted by atomic mass is 9.96. The molecule has 2 nitrogen and oxygen atoms in total. The summed E-state index contributed by atoms with van der Waals surface area (Å²) in [6.45, 7) is 6.89. The first-order valence-electron chi connectivity index (χ1n) is 14.4. The van der Waals surface area contributed by atoms with Crippen molar-refractivity contribution in [2.45, 2.75) is 158 Å². The first-order chi connectivity index (χ1) is 15.1. The van der Waals surface area contributed by atoms with Gasteiger partial charge in [-0.25, -0.2) is 0 Å². The Morgan fingerprint density at radius 3 is 1.58 bits per heavy atom. The molecule has 0 aromatic rings. The minimum Gasteiger partial charge on any atom is -0.377 e. The van der Waals surface area contributed by atoms with E-state index in [9.17, 15) is 0 Å². The van der Waals surface area contributed by atoms with Crippen LogP contribution in [0.5, 0.6) is 0 Å². The van der Waals surface area contributed by atoms with Crippen molar-refractivity contribution in [3.8, 4) is 0 Å². The molecule has 0 N–H and O–H groups in total. The van der Waals surface area contributed by atoms with Crippen LogP contribution in [0.4, 0.5) is 0 Å². The fourth-order valence-electron chi connectivity index (χ4n) is 6.29. The van der Waals surface area contributed by atoms with Gasteiger partial charge in [-0.05, 0) is 38.5 Å². The van der Waals surface area contributed by atoms with Gasteiger partial charge in [0.1, 0.15) is 0 Å². The van der Waals surface area contributed by atoms with Gasteiger partial charge in [0.2, 0.25) is 0 Å². The van der Waals surface area contributed by atoms with Crippen molar-refractivity contribution in [1.29, 1.82) is 0 Å². The lowest BCUT2D eigenvalue weighted by Crippen LogP contribution is -2.67. The van der Waals surface area contributed by atoms with Crippen LogP contribution in [0, 0.1) is 0 Å². The van der Waals surface area contributed by atoms with E-state index in [1.165, 1.54) is 134 Å². The maximum Gasteiger partial charge on any atom is 0.0793 e. The van der Waals surface area contributed by atoms with Crippen molar-refractivity contribution in [1.82, 2.24) is 0 Å². The molecule has 3 unspecified atom stereocenters. The van der Waals surface area contributed by atoms with Gasteiger partial charge in [-0.2, -0.15) is 0 Å². The van der Waals surface area contributed by atoms with Crippen LogP contribution < -0.4 is 0 Å². The van der Waals surface area contributed by atoms with Gasteiger partial charge in [-0.1, -0.05) is 109 Å². The summed E-state index contributed by atoms with van der Waals surface area (Å²) in [5, 5.41) is 0.293. The Hall–Kier alpha value is 0.354. The molecule has 2 aliphatic heterocycles. The van der Waals surface area contributed by atoms with Gasteiger partial charge in [0.05, 0.1) is 19.2 Å². The highest BCUT2D eigenvalue weighted by atomic mass is 28.3. The van der Waals surface area contributed by atoms with Crippen LogP contribution in [0.25, 0.3) is 0 Å². The van der Waals surface area contributed by atoms with Gasteiger partial charge in [-0.15, -0.1) is 0 Å². The molecule has 0 aromatic carbocycles. The number of rotatable bonds is 17. The predicted molar refractivity (Wildman–Crippen MR) is 143 cm³/mol. The Morgan fingerprint density at radius 1 is 0.645 bits per heavy atom. The first kappa shape index (κ1) is 27.6. The molecule has 184 valence electrons. The number of hydrogen-bond donors (Lipinski definition) is 0. The lowest BCUT2D eigenvalue weighted by molar-refractivity contribution is -0.161. The molecule has 3 atom stereocenters. The Morgan fingerprint density at radius 2 is 1.13 bits per heavy atom. The van der Waals surface area contributed by atoms with Crippen molar-refractivity contribution in [2.24, 2.45) is 0 Å². The van der Waals surface area contributed by atoms with Crippen molar-refractivity contribution in [2.75, 3.05) is 13.2 Å². The second-order valence-corrected chi connectivity index (χ2v) is 15.9. The van der Waals surface area contributed by atoms with Crippen LogP contribution >= 0.6 is 0 Å². The molecule has 0 saturated carbocycles. The summed E-state index contributed by atoms with van der Waals surface area (Å²) < 4.78 is 13.2. The van der Waals surface area contributed by atoms with E-state index in [0.29, 0.717) is 0 Å². The van der Waals surface area contributed by atoms with Crippen LogP contribution in [0.15, 0.2) is 0 Å². The maximum atomic E-state index is 6.71. The molecule has 0 radical (unpaired) electrons. The fraction of sp³-hybridized carbons (Fsp3) is 1.00. The third kappa shape index (κ3) is 9.25. The Kier molecular flexibility index (Phi) is 14.3. The standard InChI is InChI=1S/C27H56O2Si2/c1-3-4-5-6-7-8-9-10-11-12-13-14-15-20-25-31(2)27(22-17-19-24-29-27)26(30)21-16-18-23-28-26/h31H,3-25H2,1-2,30H3. The fourth-order valence-corrected chi connectivity index (χ4v) is 12.5. The third-order valence-corrected chi connectivity index (χ3v) is 14.6. The molecule has 0 aromatic heterocycles. The summed E-state index contributed by atoms with van der Waals surface area (Å²) in [7, 11) is 0.180. The van der Waals surface area contributed by atoms with Gasteiger partial charge in [0.25, 0.3) is 0 Å². The second kappa shape index (κ2) is 16.1. The monoisotopic (exact) mass is 468 g/mol. The molecular formula is C27H56O2Si2. The summed E-state index contributed by atoms with van der Waals surface area (Å²) >= 11 is 0. The number of hydrogen-bond acceptors (Lipinski definition) is 2. The van der Waals surface area contributed by atoms with E-state index >= 15 is 0 Å². The summed E-state index contributed by atoms with van der Waals surface area (Å²) in [6, 6.07) is 1.46. The van der Waals surface area contributed by atoms with Gasteiger partial charge >= 0.3 is 0 Å². The lowest BCUT2D eigenvalue weighted by Gasteiger charge is -2.55. The van der Waals surface area contributed by atoms with Gasteiger partial charge in [0, 0.05) is 23.5 Å². The maximum absolute atomic E-state index is 6.71. The second-order valence-electron chi connectivity index (χ2n) is 11.0. The largest absolute Gasteiger partial charge is 0.377 e. The summed E-state index contributed by atoms with van der Waals surface area (Å²) in [6.07, 6.45) is 28.2. The van der Waals surface area contributed by atoms with E-state index in [-0.39, 0.29) is 10.4 Å². The molecule has 0 spiro atoms. The quantitative estimate of drug-likeness (QED) is 0.168. The molecule has 2 rings (SSSR count). The van der Waals surface area contributed by atoms with Gasteiger partial charge in [-0.3, -0.25) is 0 Å². The SMILES string of the molecule is CCCCCCCCCCCCCCCC[SiH](C)C1(C2([SiH3])CCCCO2)CCCCO1. The smallest absolute Gasteiger partial charge is 0.0793 e. The van der Waals surface area contributed by atoms with E-state index in [4.69, 9.17) is 9.47 Å². The minimum atomic E-state index is -0.961. The van der Waals surface area contributed by atoms with E-state index in [0.717, 1.165) is 23.5 Å². The van der Waals surface area contributed by atoms with E-state index in [1.54, 1.807) is 0 Å². The zero-order valence-electron chi connectivity index (χ0n) is 21.7. The molecule has 2 heterocycles. The zero-order valence-corrected chi connectivity index (χ0v) is 24.8. The summed E-state index contributed by atoms with van der Waals surface area (Å²) in [5.41, 5.74) is 0. The summed E-state index contributed by atoms with van der Waals surface area (Å²) in [5.74, 6) is 0. The van der Waals surface area contributed by atoms with Crippen LogP contribution in [0.3, 0.4) is 0 Å². The van der Waals surface area contributed by atoms with Crippen LogP contribution in [-0.2, 0) is 9.47 Å². The Balaban J connectivity index is 1.54. The molecule has 31 heavy (non-hydrogen) atoms. The van der Waals surface area contributed by atoms with E-state index in [1.807, 2.05) is 0 Å². The highest BCUT2D eigenvalue weighted by Crippen LogP contribution is 2.43. The predicted octanol–water partition coefficient (Wildman–Crippen LogP) is 7.07. The van der Waals surface area contributed by atoms with E-state index < -0.39 is 8.80 Å². The minimum absolute atomic E-state index is 0.132. The molecule has 0 amide bonds. The molecular weight excluding hydrogens is 412 g/mol. The molecule has 2 fully saturated rings. The van der Waals surface area contributed by atoms with Crippen molar-refractivity contribution in [3.05, 3.63) is 0 Å². The normalized spacial score (nSPS) is 28.1. The first-order valence-corrected chi connectivity index (χ1v) is 18.0. The number of unbranched alkanes of at least 4 members (excludes halogenated alkanes) is 13. The highest BCUT2D eigenvalue weighted by Gasteiger charge is 2.54. The third-order valence-electron chi connectivity index (χ3n) is 8.45. The molecule has 0 bridgehead atoms. The molecule has 4 heteroatoms. The zero-order chi connectivity index (χ0) is 22.3. The van der Waals surface area contributed by atoms with Gasteiger partial charge in [0.15, 0.2) is 0 Å². The topological polar surface area (TPSA) is 18.5 Å².